The second-order valence-electron chi connectivity index (χ2n) is 2.61. The molecule has 0 saturated heterocycles. The minimum absolute atomic E-state index is 0.0736. The molecule has 1 aromatic heterocycles. The van der Waals surface area contributed by atoms with Gasteiger partial charge in [0.2, 0.25) is 0 Å². The maximum Gasteiger partial charge on any atom is 0.193 e. The molecule has 1 atom stereocenters. The lowest BCUT2D eigenvalue weighted by atomic mass is 10.1. The van der Waals surface area contributed by atoms with Gasteiger partial charge in [-0.25, -0.2) is 0 Å². The quantitative estimate of drug-likeness (QED) is 0.733. The van der Waals surface area contributed by atoms with Gasteiger partial charge in [-0.05, 0) is 36.6 Å². The molecular formula is C9H12ClNO. The van der Waals surface area contributed by atoms with Crippen molar-refractivity contribution in [3.8, 4) is 0 Å². The van der Waals surface area contributed by atoms with Crippen LogP contribution in [0.25, 0.3) is 0 Å². The lowest BCUT2D eigenvalue weighted by molar-refractivity contribution is 0.455. The molecule has 1 rings (SSSR count). The minimum atomic E-state index is -0.0736. The summed E-state index contributed by atoms with van der Waals surface area (Å²) in [5, 5.41) is 0.388. The van der Waals surface area contributed by atoms with Crippen molar-refractivity contribution in [1.82, 2.24) is 0 Å². The molecule has 0 amide bonds. The first kappa shape index (κ1) is 9.36. The molecule has 66 valence electrons. The molecular weight excluding hydrogens is 174 g/mol. The van der Waals surface area contributed by atoms with E-state index in [1.165, 1.54) is 0 Å². The summed E-state index contributed by atoms with van der Waals surface area (Å²) in [6.45, 7) is 3.62. The van der Waals surface area contributed by atoms with Crippen LogP contribution in [0, 0.1) is 0 Å². The van der Waals surface area contributed by atoms with Gasteiger partial charge in [-0.3, -0.25) is 0 Å². The predicted octanol–water partition coefficient (Wildman–Crippen LogP) is 2.90. The summed E-state index contributed by atoms with van der Waals surface area (Å²) in [7, 11) is 0. The second kappa shape index (κ2) is 4.33. The fourth-order valence-electron chi connectivity index (χ4n) is 0.967. The van der Waals surface area contributed by atoms with Gasteiger partial charge in [-0.1, -0.05) is 6.08 Å². The van der Waals surface area contributed by atoms with E-state index in [2.05, 4.69) is 6.58 Å². The molecule has 0 bridgehead atoms. The van der Waals surface area contributed by atoms with E-state index in [0.717, 1.165) is 18.6 Å². The zero-order chi connectivity index (χ0) is 8.97. The van der Waals surface area contributed by atoms with E-state index in [0.29, 0.717) is 5.22 Å². The molecule has 2 nitrogen and oxygen atoms in total. The van der Waals surface area contributed by atoms with E-state index >= 15 is 0 Å². The third-order valence-electron chi connectivity index (χ3n) is 1.64. The SMILES string of the molecule is C=CCC[C@H](N)c1ccc(Cl)o1. The topological polar surface area (TPSA) is 39.2 Å². The normalized spacial score (nSPS) is 12.8. The standard InChI is InChI=1S/C9H12ClNO/c1-2-3-4-7(11)8-5-6-9(10)12-8/h2,5-7H,1,3-4,11H2/t7-/m0/s1. The van der Waals surface area contributed by atoms with Crippen molar-refractivity contribution >= 4 is 11.6 Å². The van der Waals surface area contributed by atoms with Crippen LogP contribution in [0.5, 0.6) is 0 Å². The van der Waals surface area contributed by atoms with Crippen LogP contribution in [0.2, 0.25) is 5.22 Å². The number of nitrogens with two attached hydrogens (primary N) is 1. The maximum atomic E-state index is 5.79. The number of halogens is 1. The molecule has 0 aliphatic rings. The Kier molecular flexibility index (Phi) is 3.38. The van der Waals surface area contributed by atoms with Crippen molar-refractivity contribution in [1.29, 1.82) is 0 Å². The molecule has 0 spiro atoms. The average molecular weight is 186 g/mol. The van der Waals surface area contributed by atoms with E-state index < -0.39 is 0 Å². The Morgan fingerprint density at radius 2 is 2.42 bits per heavy atom. The largest absolute Gasteiger partial charge is 0.448 e. The summed E-state index contributed by atoms with van der Waals surface area (Å²) >= 11 is 5.60. The highest BCUT2D eigenvalue weighted by molar-refractivity contribution is 6.28. The number of rotatable bonds is 4. The lowest BCUT2D eigenvalue weighted by Gasteiger charge is -2.05. The zero-order valence-corrected chi connectivity index (χ0v) is 7.55. The van der Waals surface area contributed by atoms with E-state index in [9.17, 15) is 0 Å². The van der Waals surface area contributed by atoms with Crippen LogP contribution in [0.4, 0.5) is 0 Å². The molecule has 0 aromatic carbocycles. The van der Waals surface area contributed by atoms with Gasteiger partial charge < -0.3 is 10.2 Å². The maximum absolute atomic E-state index is 5.79. The molecule has 3 heteroatoms. The van der Waals surface area contributed by atoms with Gasteiger partial charge in [0.1, 0.15) is 5.76 Å². The fraction of sp³-hybridized carbons (Fsp3) is 0.333. The summed E-state index contributed by atoms with van der Waals surface area (Å²) in [5.74, 6) is 0.738. The van der Waals surface area contributed by atoms with Crippen molar-refractivity contribution in [2.75, 3.05) is 0 Å². The first-order valence-electron chi connectivity index (χ1n) is 3.85. The Morgan fingerprint density at radius 1 is 1.67 bits per heavy atom. The Hall–Kier alpha value is -0.730. The van der Waals surface area contributed by atoms with Crippen molar-refractivity contribution in [3.63, 3.8) is 0 Å². The molecule has 0 aliphatic carbocycles. The Labute approximate surface area is 77.0 Å². The van der Waals surface area contributed by atoms with Crippen LogP contribution in [-0.4, -0.2) is 0 Å². The van der Waals surface area contributed by atoms with Crippen LogP contribution in [0.3, 0.4) is 0 Å². The highest BCUT2D eigenvalue weighted by atomic mass is 35.5. The summed E-state index contributed by atoms with van der Waals surface area (Å²) in [6, 6.07) is 3.43. The molecule has 0 radical (unpaired) electrons. The van der Waals surface area contributed by atoms with Crippen LogP contribution in [0.15, 0.2) is 29.2 Å². The van der Waals surface area contributed by atoms with Gasteiger partial charge in [0.25, 0.3) is 0 Å². The van der Waals surface area contributed by atoms with Gasteiger partial charge >= 0.3 is 0 Å². The predicted molar refractivity (Wildman–Crippen MR) is 50.1 cm³/mol. The van der Waals surface area contributed by atoms with E-state index in [1.54, 1.807) is 12.1 Å². The molecule has 0 saturated carbocycles. The summed E-state index contributed by atoms with van der Waals surface area (Å²) in [6.07, 6.45) is 3.57. The lowest BCUT2D eigenvalue weighted by Crippen LogP contribution is -2.08. The van der Waals surface area contributed by atoms with E-state index in [-0.39, 0.29) is 6.04 Å². The number of allylic oxidation sites excluding steroid dienone is 1. The first-order valence-corrected chi connectivity index (χ1v) is 4.23. The van der Waals surface area contributed by atoms with Crippen molar-refractivity contribution in [2.45, 2.75) is 18.9 Å². The van der Waals surface area contributed by atoms with E-state index in [4.69, 9.17) is 21.8 Å². The summed E-state index contributed by atoms with van der Waals surface area (Å²) < 4.78 is 5.15. The van der Waals surface area contributed by atoms with Crippen molar-refractivity contribution in [3.05, 3.63) is 35.8 Å². The van der Waals surface area contributed by atoms with Gasteiger partial charge in [-0.2, -0.15) is 0 Å². The molecule has 1 aromatic rings. The zero-order valence-electron chi connectivity index (χ0n) is 6.79. The van der Waals surface area contributed by atoms with Gasteiger partial charge in [0.15, 0.2) is 5.22 Å². The Morgan fingerprint density at radius 3 is 2.92 bits per heavy atom. The van der Waals surface area contributed by atoms with Gasteiger partial charge in [0.05, 0.1) is 6.04 Å². The number of furan rings is 1. The highest BCUT2D eigenvalue weighted by Gasteiger charge is 2.08. The number of hydrogen-bond acceptors (Lipinski definition) is 2. The molecule has 1 heterocycles. The van der Waals surface area contributed by atoms with Crippen LogP contribution in [-0.2, 0) is 0 Å². The number of hydrogen-bond donors (Lipinski definition) is 1. The minimum Gasteiger partial charge on any atom is -0.448 e. The molecule has 2 N–H and O–H groups in total. The monoisotopic (exact) mass is 185 g/mol. The van der Waals surface area contributed by atoms with Gasteiger partial charge in [-0.15, -0.1) is 6.58 Å². The average Bonchev–Trinajstić information content (AvgIpc) is 2.47. The third-order valence-corrected chi connectivity index (χ3v) is 1.84. The smallest absolute Gasteiger partial charge is 0.193 e. The molecule has 0 fully saturated rings. The van der Waals surface area contributed by atoms with Crippen LogP contribution < -0.4 is 5.73 Å². The summed E-state index contributed by atoms with van der Waals surface area (Å²) in [5.41, 5.74) is 5.79. The van der Waals surface area contributed by atoms with E-state index in [1.807, 2.05) is 6.08 Å². The second-order valence-corrected chi connectivity index (χ2v) is 2.99. The van der Waals surface area contributed by atoms with Gasteiger partial charge in [0, 0.05) is 0 Å². The molecule has 0 aliphatic heterocycles. The Balaban J connectivity index is 2.52. The Bertz CT molecular complexity index is 257. The van der Waals surface area contributed by atoms with Crippen molar-refractivity contribution < 1.29 is 4.42 Å². The molecule has 0 unspecified atom stereocenters. The van der Waals surface area contributed by atoms with Crippen LogP contribution in [0.1, 0.15) is 24.6 Å². The fourth-order valence-corrected chi connectivity index (χ4v) is 1.12. The summed E-state index contributed by atoms with van der Waals surface area (Å²) in [4.78, 5) is 0. The van der Waals surface area contributed by atoms with Crippen LogP contribution >= 0.6 is 11.6 Å². The molecule has 12 heavy (non-hydrogen) atoms. The third kappa shape index (κ3) is 2.40. The van der Waals surface area contributed by atoms with Crippen molar-refractivity contribution in [2.24, 2.45) is 5.73 Å². The first-order chi connectivity index (χ1) is 5.74. The highest BCUT2D eigenvalue weighted by Crippen LogP contribution is 2.21.